The molecular formula is C13H16N2O4S. The zero-order valence-electron chi connectivity index (χ0n) is 11.7. The molecule has 108 valence electrons. The number of fused-ring (bicyclic) bond motifs is 1. The van der Waals surface area contributed by atoms with Gasteiger partial charge in [-0.05, 0) is 33.8 Å². The summed E-state index contributed by atoms with van der Waals surface area (Å²) in [5, 5.41) is 0.413. The van der Waals surface area contributed by atoms with Crippen molar-refractivity contribution < 1.29 is 9.53 Å². The van der Waals surface area contributed by atoms with Gasteiger partial charge in [0.1, 0.15) is 10.9 Å². The van der Waals surface area contributed by atoms with Crippen molar-refractivity contribution in [3.63, 3.8) is 0 Å². The van der Waals surface area contributed by atoms with Crippen molar-refractivity contribution >= 4 is 27.5 Å². The number of carbonyl (C=O) groups excluding carboxylic acids is 1. The standard InChI is InChI=1S/C13H16N2O4S/c1-6(2)19-12(17)8(4)15-11(16)9-5-7(3)20-10(9)14-13(15)18/h5-6,8H,1-4H3,(H,14,18). The van der Waals surface area contributed by atoms with Gasteiger partial charge in [-0.1, -0.05) is 0 Å². The number of nitrogens with one attached hydrogen (secondary N) is 1. The van der Waals surface area contributed by atoms with Crippen LogP contribution in [0.15, 0.2) is 15.7 Å². The monoisotopic (exact) mass is 296 g/mol. The van der Waals surface area contributed by atoms with Crippen LogP contribution in [0.4, 0.5) is 0 Å². The van der Waals surface area contributed by atoms with Gasteiger partial charge in [-0.3, -0.25) is 9.78 Å². The highest BCUT2D eigenvalue weighted by Gasteiger charge is 2.22. The molecule has 0 fully saturated rings. The number of esters is 1. The number of H-pyrrole nitrogens is 1. The molecule has 2 rings (SSSR count). The van der Waals surface area contributed by atoms with E-state index in [1.807, 2.05) is 6.92 Å². The van der Waals surface area contributed by atoms with E-state index in [0.29, 0.717) is 10.2 Å². The number of carbonyl (C=O) groups is 1. The Bertz CT molecular complexity index is 769. The predicted molar refractivity (Wildman–Crippen MR) is 77.4 cm³/mol. The van der Waals surface area contributed by atoms with Crippen LogP contribution in [0.5, 0.6) is 0 Å². The Hall–Kier alpha value is -1.89. The molecule has 0 aliphatic rings. The van der Waals surface area contributed by atoms with E-state index in [9.17, 15) is 14.4 Å². The van der Waals surface area contributed by atoms with Crippen LogP contribution in [0.2, 0.25) is 0 Å². The summed E-state index contributed by atoms with van der Waals surface area (Å²) < 4.78 is 5.95. The van der Waals surface area contributed by atoms with Gasteiger partial charge in [0, 0.05) is 4.88 Å². The van der Waals surface area contributed by atoms with Crippen molar-refractivity contribution in [3.05, 3.63) is 31.8 Å². The number of rotatable bonds is 3. The second kappa shape index (κ2) is 5.24. The van der Waals surface area contributed by atoms with E-state index in [1.54, 1.807) is 19.9 Å². The number of hydrogen-bond acceptors (Lipinski definition) is 5. The molecule has 2 aromatic rings. The first-order valence-corrected chi connectivity index (χ1v) is 7.08. The third kappa shape index (κ3) is 2.53. The van der Waals surface area contributed by atoms with Crippen LogP contribution < -0.4 is 11.2 Å². The zero-order chi connectivity index (χ0) is 15.0. The van der Waals surface area contributed by atoms with Gasteiger partial charge >= 0.3 is 11.7 Å². The molecule has 0 bridgehead atoms. The lowest BCUT2D eigenvalue weighted by molar-refractivity contribution is -0.151. The summed E-state index contributed by atoms with van der Waals surface area (Å²) in [5.74, 6) is -0.598. The highest BCUT2D eigenvalue weighted by Crippen LogP contribution is 2.19. The highest BCUT2D eigenvalue weighted by molar-refractivity contribution is 7.18. The van der Waals surface area contributed by atoms with Gasteiger partial charge in [0.15, 0.2) is 0 Å². The van der Waals surface area contributed by atoms with E-state index in [1.165, 1.54) is 18.3 Å². The van der Waals surface area contributed by atoms with Crippen LogP contribution in [0.3, 0.4) is 0 Å². The van der Waals surface area contributed by atoms with E-state index in [-0.39, 0.29) is 6.10 Å². The molecule has 20 heavy (non-hydrogen) atoms. The first-order valence-electron chi connectivity index (χ1n) is 6.26. The summed E-state index contributed by atoms with van der Waals surface area (Å²) in [5.41, 5.74) is -1.07. The molecule has 0 aliphatic heterocycles. The van der Waals surface area contributed by atoms with Gasteiger partial charge in [-0.25, -0.2) is 14.2 Å². The van der Waals surface area contributed by atoms with Crippen molar-refractivity contribution in [2.24, 2.45) is 0 Å². The Morgan fingerprint density at radius 2 is 2.00 bits per heavy atom. The second-order valence-corrected chi connectivity index (χ2v) is 6.12. The van der Waals surface area contributed by atoms with Crippen LogP contribution in [0.1, 0.15) is 31.7 Å². The van der Waals surface area contributed by atoms with Crippen molar-refractivity contribution in [1.29, 1.82) is 0 Å². The van der Waals surface area contributed by atoms with E-state index in [4.69, 9.17) is 4.74 Å². The molecule has 0 aliphatic carbocycles. The molecular weight excluding hydrogens is 280 g/mol. The SMILES string of the molecule is Cc1cc2c(=O)n(C(C)C(=O)OC(C)C)c(=O)[nH]c2s1. The van der Waals surface area contributed by atoms with Crippen LogP contribution in [-0.2, 0) is 9.53 Å². The van der Waals surface area contributed by atoms with E-state index in [2.05, 4.69) is 4.98 Å². The topological polar surface area (TPSA) is 81.2 Å². The summed E-state index contributed by atoms with van der Waals surface area (Å²) in [6.07, 6.45) is -0.299. The Kier molecular flexibility index (Phi) is 3.80. The summed E-state index contributed by atoms with van der Waals surface area (Å²) in [6, 6.07) is 0.744. The molecule has 0 spiro atoms. The molecule has 2 heterocycles. The van der Waals surface area contributed by atoms with Gasteiger partial charge < -0.3 is 4.74 Å². The van der Waals surface area contributed by atoms with Crippen molar-refractivity contribution in [1.82, 2.24) is 9.55 Å². The first-order chi connectivity index (χ1) is 9.31. The fourth-order valence-corrected chi connectivity index (χ4v) is 2.83. The molecule has 0 amide bonds. The lowest BCUT2D eigenvalue weighted by Gasteiger charge is -2.15. The van der Waals surface area contributed by atoms with Crippen LogP contribution in [0.25, 0.3) is 10.2 Å². The molecule has 6 nitrogen and oxygen atoms in total. The van der Waals surface area contributed by atoms with Gasteiger partial charge in [0.05, 0.1) is 11.5 Å². The minimum Gasteiger partial charge on any atom is -0.461 e. The smallest absolute Gasteiger partial charge is 0.330 e. The number of aromatic nitrogens is 2. The summed E-state index contributed by atoms with van der Waals surface area (Å²) in [7, 11) is 0. The lowest BCUT2D eigenvalue weighted by Crippen LogP contribution is -2.40. The molecule has 0 saturated heterocycles. The molecule has 2 aromatic heterocycles. The number of aryl methyl sites for hydroxylation is 1. The zero-order valence-corrected chi connectivity index (χ0v) is 12.5. The van der Waals surface area contributed by atoms with Crippen molar-refractivity contribution in [2.45, 2.75) is 39.8 Å². The molecule has 1 N–H and O–H groups in total. The van der Waals surface area contributed by atoms with Crippen LogP contribution >= 0.6 is 11.3 Å². The predicted octanol–water partition coefficient (Wildman–Crippen LogP) is 1.57. The maximum atomic E-state index is 12.3. The molecule has 0 saturated carbocycles. The molecule has 0 radical (unpaired) electrons. The van der Waals surface area contributed by atoms with Crippen molar-refractivity contribution in [3.8, 4) is 0 Å². The average molecular weight is 296 g/mol. The molecule has 7 heteroatoms. The summed E-state index contributed by atoms with van der Waals surface area (Å²) >= 11 is 1.33. The van der Waals surface area contributed by atoms with E-state index >= 15 is 0 Å². The average Bonchev–Trinajstić information content (AvgIpc) is 2.68. The Morgan fingerprint density at radius 3 is 2.60 bits per heavy atom. The number of ether oxygens (including phenoxy) is 1. The third-order valence-electron chi connectivity index (χ3n) is 2.82. The van der Waals surface area contributed by atoms with Gasteiger partial charge in [-0.15, -0.1) is 11.3 Å². The Balaban J connectivity index is 2.57. The maximum absolute atomic E-state index is 12.3. The van der Waals surface area contributed by atoms with Gasteiger partial charge in [0.25, 0.3) is 5.56 Å². The first kappa shape index (κ1) is 14.5. The number of nitrogens with zero attached hydrogens (tertiary/aromatic N) is 1. The lowest BCUT2D eigenvalue weighted by atomic mass is 10.3. The van der Waals surface area contributed by atoms with Crippen LogP contribution in [-0.4, -0.2) is 21.6 Å². The quantitative estimate of drug-likeness (QED) is 0.872. The minimum absolute atomic E-state index is 0.299. The maximum Gasteiger partial charge on any atom is 0.330 e. The van der Waals surface area contributed by atoms with Crippen LogP contribution in [0, 0.1) is 6.92 Å². The summed E-state index contributed by atoms with van der Waals surface area (Å²) in [6.45, 7) is 6.75. The number of thiophene rings is 1. The van der Waals surface area contributed by atoms with Gasteiger partial charge in [0.2, 0.25) is 0 Å². The van der Waals surface area contributed by atoms with E-state index in [0.717, 1.165) is 9.44 Å². The second-order valence-electron chi connectivity index (χ2n) is 4.87. The fraction of sp³-hybridized carbons (Fsp3) is 0.462. The van der Waals surface area contributed by atoms with E-state index < -0.39 is 23.3 Å². The molecule has 1 unspecified atom stereocenters. The Labute approximate surface area is 119 Å². The molecule has 1 atom stereocenters. The van der Waals surface area contributed by atoms with Crippen molar-refractivity contribution in [2.75, 3.05) is 0 Å². The fourth-order valence-electron chi connectivity index (χ4n) is 1.93. The Morgan fingerprint density at radius 1 is 1.35 bits per heavy atom. The molecule has 0 aromatic carbocycles. The highest BCUT2D eigenvalue weighted by atomic mass is 32.1. The summed E-state index contributed by atoms with van der Waals surface area (Å²) in [4.78, 5) is 40.3. The number of aromatic amines is 1. The normalized spacial score (nSPS) is 12.8. The van der Waals surface area contributed by atoms with Gasteiger partial charge in [-0.2, -0.15) is 0 Å². The third-order valence-corrected chi connectivity index (χ3v) is 3.79. The number of hydrogen-bond donors (Lipinski definition) is 1. The minimum atomic E-state index is -0.960. The largest absolute Gasteiger partial charge is 0.461 e.